The summed E-state index contributed by atoms with van der Waals surface area (Å²) in [5, 5.41) is 2.97. The number of anilines is 1. The Morgan fingerprint density at radius 1 is 1.16 bits per heavy atom. The molecule has 0 saturated heterocycles. The molecule has 25 heavy (non-hydrogen) atoms. The van der Waals surface area contributed by atoms with Gasteiger partial charge in [0, 0.05) is 11.8 Å². The Morgan fingerprint density at radius 2 is 1.96 bits per heavy atom. The molecular formula is C16H10F2N2O4S. The summed E-state index contributed by atoms with van der Waals surface area (Å²) in [6, 6.07) is 11.3. The molecule has 2 heterocycles. The van der Waals surface area contributed by atoms with Crippen molar-refractivity contribution in [2.24, 2.45) is 0 Å². The van der Waals surface area contributed by atoms with Crippen molar-refractivity contribution in [3.05, 3.63) is 42.5 Å². The second-order valence-corrected chi connectivity index (χ2v) is 6.04. The smallest absolute Gasteiger partial charge is 0.431 e. The largest absolute Gasteiger partial charge is 0.586 e. The van der Waals surface area contributed by atoms with Gasteiger partial charge in [0.25, 0.3) is 5.22 Å². The number of ether oxygens (including phenoxy) is 2. The molecule has 128 valence electrons. The molecular weight excluding hydrogens is 354 g/mol. The Hall–Kier alpha value is -2.81. The Balaban J connectivity index is 1.38. The van der Waals surface area contributed by atoms with Crippen LogP contribution < -0.4 is 14.8 Å². The molecule has 3 aromatic rings. The van der Waals surface area contributed by atoms with Gasteiger partial charge in [-0.05, 0) is 24.3 Å². The maximum atomic E-state index is 13.0. The van der Waals surface area contributed by atoms with Crippen LogP contribution in [0.3, 0.4) is 0 Å². The third-order valence-electron chi connectivity index (χ3n) is 3.29. The first-order valence-electron chi connectivity index (χ1n) is 7.17. The van der Waals surface area contributed by atoms with Crippen molar-refractivity contribution in [2.45, 2.75) is 11.5 Å². The van der Waals surface area contributed by atoms with Crippen LogP contribution in [0.25, 0.3) is 11.1 Å². The van der Waals surface area contributed by atoms with E-state index < -0.39 is 6.29 Å². The molecule has 0 radical (unpaired) electrons. The van der Waals surface area contributed by atoms with Crippen LogP contribution in [0, 0.1) is 0 Å². The van der Waals surface area contributed by atoms with E-state index in [4.69, 9.17) is 4.42 Å². The topological polar surface area (TPSA) is 73.6 Å². The van der Waals surface area contributed by atoms with Crippen LogP contribution in [0.15, 0.2) is 52.1 Å². The van der Waals surface area contributed by atoms with Gasteiger partial charge >= 0.3 is 6.29 Å². The molecule has 0 bridgehead atoms. The number of amides is 1. The lowest BCUT2D eigenvalue weighted by atomic mass is 10.3. The maximum absolute atomic E-state index is 13.0. The standard InChI is InChI=1S/C16H10F2N2O4S/c17-16(18)23-12-6-5-9(7-13(12)24-16)19-14(21)8-25-15-20-10-3-1-2-4-11(10)22-15/h1-7H,8H2,(H,19,21). The molecule has 1 amide bonds. The molecule has 1 aromatic heterocycles. The van der Waals surface area contributed by atoms with E-state index in [0.717, 1.165) is 11.8 Å². The highest BCUT2D eigenvalue weighted by molar-refractivity contribution is 7.99. The number of nitrogens with zero attached hydrogens (tertiary/aromatic N) is 1. The third kappa shape index (κ3) is 3.36. The normalized spacial score (nSPS) is 14.6. The first-order chi connectivity index (χ1) is 12.0. The second-order valence-electron chi connectivity index (χ2n) is 5.11. The highest BCUT2D eigenvalue weighted by atomic mass is 32.2. The maximum Gasteiger partial charge on any atom is 0.586 e. The van der Waals surface area contributed by atoms with Gasteiger partial charge in [0.15, 0.2) is 17.1 Å². The van der Waals surface area contributed by atoms with E-state index in [1.165, 1.54) is 18.2 Å². The van der Waals surface area contributed by atoms with E-state index >= 15 is 0 Å². The lowest BCUT2D eigenvalue weighted by molar-refractivity contribution is -0.286. The molecule has 0 atom stereocenters. The molecule has 0 aliphatic carbocycles. The minimum atomic E-state index is -3.69. The van der Waals surface area contributed by atoms with Crippen molar-refractivity contribution >= 4 is 34.5 Å². The van der Waals surface area contributed by atoms with Gasteiger partial charge in [0.05, 0.1) is 5.75 Å². The van der Waals surface area contributed by atoms with Crippen molar-refractivity contribution in [3.63, 3.8) is 0 Å². The summed E-state index contributed by atoms with van der Waals surface area (Å²) in [6.45, 7) is 0. The molecule has 0 fully saturated rings. The van der Waals surface area contributed by atoms with Crippen LogP contribution in [-0.2, 0) is 4.79 Å². The molecule has 0 spiro atoms. The number of para-hydroxylation sites is 2. The quantitative estimate of drug-likeness (QED) is 0.708. The number of alkyl halides is 2. The van der Waals surface area contributed by atoms with Crippen molar-refractivity contribution in [3.8, 4) is 11.5 Å². The van der Waals surface area contributed by atoms with Crippen LogP contribution in [0.1, 0.15) is 0 Å². The number of aromatic nitrogens is 1. The second kappa shape index (κ2) is 5.92. The number of rotatable bonds is 4. The number of carbonyl (C=O) groups excluding carboxylic acids is 1. The van der Waals surface area contributed by atoms with Gasteiger partial charge in [-0.25, -0.2) is 4.98 Å². The summed E-state index contributed by atoms with van der Waals surface area (Å²) >= 11 is 1.13. The lowest BCUT2D eigenvalue weighted by Crippen LogP contribution is -2.25. The number of benzene rings is 2. The Morgan fingerprint density at radius 3 is 2.80 bits per heavy atom. The highest BCUT2D eigenvalue weighted by Gasteiger charge is 2.43. The Kier molecular flexibility index (Phi) is 3.72. The lowest BCUT2D eigenvalue weighted by Gasteiger charge is -2.05. The summed E-state index contributed by atoms with van der Waals surface area (Å²) in [6.07, 6.45) is -3.69. The van der Waals surface area contributed by atoms with Gasteiger partial charge in [-0.1, -0.05) is 23.9 Å². The van der Waals surface area contributed by atoms with Crippen LogP contribution in [0.2, 0.25) is 0 Å². The molecule has 2 aromatic carbocycles. The fraction of sp³-hybridized carbons (Fsp3) is 0.125. The highest BCUT2D eigenvalue weighted by Crippen LogP contribution is 2.42. The zero-order valence-electron chi connectivity index (χ0n) is 12.5. The number of hydrogen-bond acceptors (Lipinski definition) is 6. The number of carbonyl (C=O) groups is 1. The number of nitrogens with one attached hydrogen (secondary N) is 1. The minimum Gasteiger partial charge on any atom is -0.431 e. The van der Waals surface area contributed by atoms with Gasteiger partial charge in [-0.2, -0.15) is 0 Å². The van der Waals surface area contributed by atoms with Crippen LogP contribution >= 0.6 is 11.8 Å². The van der Waals surface area contributed by atoms with Crippen LogP contribution in [0.4, 0.5) is 14.5 Å². The third-order valence-corrected chi connectivity index (χ3v) is 4.11. The van der Waals surface area contributed by atoms with E-state index in [1.54, 1.807) is 6.07 Å². The van der Waals surface area contributed by atoms with Gasteiger partial charge in [-0.15, -0.1) is 8.78 Å². The van der Waals surface area contributed by atoms with E-state index in [1.807, 2.05) is 18.2 Å². The van der Waals surface area contributed by atoms with E-state index in [2.05, 4.69) is 19.8 Å². The fourth-order valence-corrected chi connectivity index (χ4v) is 2.90. The van der Waals surface area contributed by atoms with Gasteiger partial charge < -0.3 is 19.2 Å². The Labute approximate surface area is 144 Å². The van der Waals surface area contributed by atoms with Crippen molar-refractivity contribution in [1.29, 1.82) is 0 Å². The summed E-state index contributed by atoms with van der Waals surface area (Å²) in [7, 11) is 0. The zero-order valence-corrected chi connectivity index (χ0v) is 13.3. The number of thioether (sulfide) groups is 1. The molecule has 9 heteroatoms. The van der Waals surface area contributed by atoms with E-state index in [-0.39, 0.29) is 23.2 Å². The summed E-state index contributed by atoms with van der Waals surface area (Å²) in [5.74, 6) is -0.492. The first-order valence-corrected chi connectivity index (χ1v) is 8.15. The van der Waals surface area contributed by atoms with E-state index in [9.17, 15) is 13.6 Å². The summed E-state index contributed by atoms with van der Waals surface area (Å²) in [4.78, 5) is 16.3. The number of oxazole rings is 1. The Bertz CT molecular complexity index is 927. The summed E-state index contributed by atoms with van der Waals surface area (Å²) in [5.41, 5.74) is 1.67. The number of hydrogen-bond donors (Lipinski definition) is 1. The molecule has 0 saturated carbocycles. The molecule has 1 N–H and O–H groups in total. The average Bonchev–Trinajstić information content (AvgIpc) is 3.11. The average molecular weight is 364 g/mol. The summed E-state index contributed by atoms with van der Waals surface area (Å²) < 4.78 is 40.1. The molecule has 6 nitrogen and oxygen atoms in total. The van der Waals surface area contributed by atoms with Gasteiger partial charge in [0.2, 0.25) is 5.91 Å². The first kappa shape index (κ1) is 15.7. The molecule has 1 aliphatic rings. The van der Waals surface area contributed by atoms with Gasteiger partial charge in [-0.3, -0.25) is 4.79 Å². The molecule has 0 unspecified atom stereocenters. The SMILES string of the molecule is O=C(CSc1nc2ccccc2o1)Nc1ccc2c(c1)OC(F)(F)O2. The van der Waals surface area contributed by atoms with Crippen molar-refractivity contribution in [1.82, 2.24) is 4.98 Å². The number of halogens is 2. The fourth-order valence-electron chi connectivity index (χ4n) is 2.26. The minimum absolute atomic E-state index is 0.0530. The predicted molar refractivity (Wildman–Crippen MR) is 86.0 cm³/mol. The van der Waals surface area contributed by atoms with E-state index in [0.29, 0.717) is 22.0 Å². The van der Waals surface area contributed by atoms with Crippen LogP contribution in [-0.4, -0.2) is 22.9 Å². The zero-order chi connectivity index (χ0) is 17.4. The monoisotopic (exact) mass is 364 g/mol. The molecule has 1 aliphatic heterocycles. The van der Waals surface area contributed by atoms with Crippen LogP contribution in [0.5, 0.6) is 11.5 Å². The molecule has 4 rings (SSSR count). The predicted octanol–water partition coefficient (Wildman–Crippen LogP) is 3.88. The van der Waals surface area contributed by atoms with Crippen molar-refractivity contribution < 1.29 is 27.5 Å². The number of fused-ring (bicyclic) bond motifs is 2. The van der Waals surface area contributed by atoms with Crippen molar-refractivity contribution in [2.75, 3.05) is 11.1 Å². The van der Waals surface area contributed by atoms with Gasteiger partial charge in [0.1, 0.15) is 5.52 Å².